The molecule has 2 aliphatic heterocycles. The summed E-state index contributed by atoms with van der Waals surface area (Å²) < 4.78 is 64.4. The summed E-state index contributed by atoms with van der Waals surface area (Å²) in [4.78, 5) is 6.44. The van der Waals surface area contributed by atoms with E-state index in [0.29, 0.717) is 53.9 Å². The van der Waals surface area contributed by atoms with Crippen molar-refractivity contribution in [3.8, 4) is 17.0 Å². The van der Waals surface area contributed by atoms with Crippen molar-refractivity contribution in [1.29, 1.82) is 0 Å². The lowest BCUT2D eigenvalue weighted by atomic mass is 10.0. The van der Waals surface area contributed by atoms with Gasteiger partial charge in [-0.3, -0.25) is 4.90 Å². The van der Waals surface area contributed by atoms with Gasteiger partial charge in [0, 0.05) is 24.8 Å². The molecule has 0 saturated carbocycles. The predicted molar refractivity (Wildman–Crippen MR) is 125 cm³/mol. The summed E-state index contributed by atoms with van der Waals surface area (Å²) in [6.45, 7) is 1.69. The van der Waals surface area contributed by atoms with Crippen molar-refractivity contribution in [3.63, 3.8) is 0 Å². The van der Waals surface area contributed by atoms with E-state index in [1.165, 1.54) is 9.20 Å². The Balaban J connectivity index is 1.34. The van der Waals surface area contributed by atoms with Crippen LogP contribution in [0.3, 0.4) is 0 Å². The van der Waals surface area contributed by atoms with E-state index in [4.69, 9.17) is 13.6 Å². The summed E-state index contributed by atoms with van der Waals surface area (Å²) in [5.74, 6) is -0.106. The number of fused-ring (bicyclic) bond motifs is 2. The zero-order valence-electron chi connectivity index (χ0n) is 21.8. The number of hydrogen-bond acceptors (Lipinski definition) is 8. The maximum atomic E-state index is 15.0. The quantitative estimate of drug-likeness (QED) is 0.425. The van der Waals surface area contributed by atoms with Gasteiger partial charge in [-0.2, -0.15) is 4.98 Å². The summed E-state index contributed by atoms with van der Waals surface area (Å²) in [6.07, 6.45) is 1.02. The molecule has 0 radical (unpaired) electrons. The second-order valence-electron chi connectivity index (χ2n) is 8.81. The van der Waals surface area contributed by atoms with Crippen LogP contribution in [0.5, 0.6) is 5.88 Å². The zero-order chi connectivity index (χ0) is 26.4. The van der Waals surface area contributed by atoms with Gasteiger partial charge in [-0.15, -0.1) is 10.2 Å². The highest BCUT2D eigenvalue weighted by Gasteiger charge is 2.35. The first-order valence-corrected chi connectivity index (χ1v) is 11.5. The van der Waals surface area contributed by atoms with E-state index in [-0.39, 0.29) is 31.0 Å². The van der Waals surface area contributed by atoms with Gasteiger partial charge in [-0.25, -0.2) is 18.0 Å². The highest BCUT2D eigenvalue weighted by atomic mass is 19.1. The van der Waals surface area contributed by atoms with Crippen LogP contribution < -0.4 is 10.1 Å². The van der Waals surface area contributed by atoms with Gasteiger partial charge < -0.3 is 14.8 Å². The Labute approximate surface area is 204 Å². The lowest BCUT2D eigenvalue weighted by Gasteiger charge is -2.42. The van der Waals surface area contributed by atoms with Crippen molar-refractivity contribution < 1.29 is 22.4 Å². The smallest absolute Gasteiger partial charge is 0.244 e. The fourth-order valence-electron chi connectivity index (χ4n) is 4.76. The highest BCUT2D eigenvalue weighted by Crippen LogP contribution is 2.33. The summed E-state index contributed by atoms with van der Waals surface area (Å²) in [5, 5.41) is 15.5. The normalized spacial score (nSPS) is 23.1. The fourth-order valence-corrected chi connectivity index (χ4v) is 4.76. The molecule has 2 saturated heterocycles. The van der Waals surface area contributed by atoms with Crippen LogP contribution in [-0.4, -0.2) is 92.8 Å². The molecule has 2 fully saturated rings. The Hall–Kier alpha value is -3.38. The molecule has 1 N–H and O–H groups in total. The van der Waals surface area contributed by atoms with Crippen LogP contribution in [0.4, 0.5) is 14.7 Å². The van der Waals surface area contributed by atoms with E-state index in [0.717, 1.165) is 0 Å². The van der Waals surface area contributed by atoms with Crippen LogP contribution in [0, 0.1) is 0 Å². The van der Waals surface area contributed by atoms with E-state index in [1.807, 2.05) is 0 Å². The first-order chi connectivity index (χ1) is 18.3. The molecule has 4 aromatic rings. The fraction of sp³-hybridized carbons (Fsp3) is 0.478. The van der Waals surface area contributed by atoms with E-state index < -0.39 is 25.9 Å². The third-order valence-corrected chi connectivity index (χ3v) is 6.72. The second-order valence-corrected chi connectivity index (χ2v) is 8.81. The molecule has 12 heteroatoms. The number of piperidine rings is 1. The van der Waals surface area contributed by atoms with Crippen molar-refractivity contribution in [3.05, 3.63) is 30.5 Å². The number of hydrogen-bond donors (Lipinski definition) is 1. The first kappa shape index (κ1) is 18.9. The Morgan fingerprint density at radius 1 is 1.31 bits per heavy atom. The van der Waals surface area contributed by atoms with E-state index >= 15 is 4.39 Å². The lowest BCUT2D eigenvalue weighted by molar-refractivity contribution is -0.0794. The number of nitrogens with one attached hydrogen (secondary N) is 1. The number of alkyl halides is 2. The molecule has 0 aliphatic carbocycles. The van der Waals surface area contributed by atoms with Crippen molar-refractivity contribution >= 4 is 22.5 Å². The SMILES string of the molecule is [2H]C([2H])([2H])Oc1nc(N[C@@H]2CCN(C3COC3)C[C@H]2F)nn2ccc(-c3ccc4nnn(CCF)c4c3)c12. The Kier molecular flexibility index (Phi) is 4.86. The number of ether oxygens (including phenoxy) is 2. The van der Waals surface area contributed by atoms with Gasteiger partial charge >= 0.3 is 0 Å². The van der Waals surface area contributed by atoms with E-state index in [9.17, 15) is 4.39 Å². The van der Waals surface area contributed by atoms with Crippen LogP contribution in [0.25, 0.3) is 27.7 Å². The van der Waals surface area contributed by atoms with Gasteiger partial charge in [0.15, 0.2) is 0 Å². The van der Waals surface area contributed by atoms with Crippen molar-refractivity contribution in [2.45, 2.75) is 31.2 Å². The molecule has 5 heterocycles. The van der Waals surface area contributed by atoms with Crippen LogP contribution >= 0.6 is 0 Å². The number of halogens is 2. The molecular weight excluding hydrogens is 458 g/mol. The van der Waals surface area contributed by atoms with Gasteiger partial charge in [0.2, 0.25) is 11.8 Å². The molecule has 0 spiro atoms. The van der Waals surface area contributed by atoms with E-state index in [1.54, 1.807) is 30.5 Å². The Morgan fingerprint density at radius 3 is 3.00 bits per heavy atom. The molecule has 2 aliphatic rings. The lowest BCUT2D eigenvalue weighted by Crippen LogP contribution is -2.57. The molecule has 0 amide bonds. The van der Waals surface area contributed by atoms with Gasteiger partial charge in [-0.1, -0.05) is 11.3 Å². The molecular formula is C23H26F2N8O2. The number of aromatic nitrogens is 6. The minimum Gasteiger partial charge on any atom is -0.479 e. The van der Waals surface area contributed by atoms with Crippen molar-refractivity contribution in [1.82, 2.24) is 34.5 Å². The number of benzene rings is 1. The van der Waals surface area contributed by atoms with Crippen molar-refractivity contribution in [2.75, 3.05) is 45.3 Å². The molecule has 6 rings (SSSR count). The minimum atomic E-state index is -2.78. The predicted octanol–water partition coefficient (Wildman–Crippen LogP) is 2.34. The Morgan fingerprint density at radius 2 is 2.23 bits per heavy atom. The number of methoxy groups -OCH3 is 1. The summed E-state index contributed by atoms with van der Waals surface area (Å²) in [6, 6.07) is 6.81. The third-order valence-electron chi connectivity index (χ3n) is 6.72. The van der Waals surface area contributed by atoms with Crippen molar-refractivity contribution in [2.24, 2.45) is 0 Å². The molecule has 10 nitrogen and oxygen atoms in total. The first-order valence-electron chi connectivity index (χ1n) is 13.0. The van der Waals surface area contributed by atoms with Gasteiger partial charge in [-0.05, 0) is 30.2 Å². The highest BCUT2D eigenvalue weighted by molar-refractivity contribution is 5.89. The number of rotatable bonds is 7. The number of nitrogens with zero attached hydrogens (tertiary/aromatic N) is 7. The molecule has 184 valence electrons. The molecule has 0 unspecified atom stereocenters. The average molecular weight is 488 g/mol. The second kappa shape index (κ2) is 9.00. The molecule has 1 aromatic carbocycles. The van der Waals surface area contributed by atoms with Crippen LogP contribution in [0.15, 0.2) is 30.5 Å². The molecule has 35 heavy (non-hydrogen) atoms. The zero-order valence-corrected chi connectivity index (χ0v) is 18.8. The number of aryl methyl sites for hydroxylation is 1. The van der Waals surface area contributed by atoms with Gasteiger partial charge in [0.05, 0.1) is 48.5 Å². The molecule has 0 bridgehead atoms. The topological polar surface area (TPSA) is 94.6 Å². The monoisotopic (exact) mass is 487 g/mol. The standard InChI is InChI=1S/C23H26F2N8O2/c1-34-22-21-16(14-2-3-19-20(10-14)32(9-6-24)30-28-19)4-8-33(21)29-23(27-22)26-18-5-7-31(11-17(18)25)15-12-35-13-15/h2-4,8,10,15,17-18H,5-7,9,11-13H2,1H3,(H,26,29)/t17-,18-/m1/s1/i1D3. The van der Waals surface area contributed by atoms with Crippen LogP contribution in [0.2, 0.25) is 0 Å². The summed E-state index contributed by atoms with van der Waals surface area (Å²) >= 11 is 0. The van der Waals surface area contributed by atoms with Crippen LogP contribution in [0.1, 0.15) is 10.5 Å². The number of anilines is 1. The van der Waals surface area contributed by atoms with Crippen LogP contribution in [-0.2, 0) is 11.3 Å². The van der Waals surface area contributed by atoms with E-state index in [2.05, 4.69) is 30.6 Å². The maximum Gasteiger partial charge on any atom is 0.244 e. The third kappa shape index (κ3) is 3.96. The van der Waals surface area contributed by atoms with Gasteiger partial charge in [0.1, 0.15) is 23.9 Å². The number of likely N-dealkylation sites (tertiary alicyclic amines) is 1. The minimum absolute atomic E-state index is 0.0605. The average Bonchev–Trinajstić information content (AvgIpc) is 3.43. The Bertz CT molecular complexity index is 1460. The maximum absolute atomic E-state index is 15.0. The van der Waals surface area contributed by atoms with Gasteiger partial charge in [0.25, 0.3) is 0 Å². The summed E-state index contributed by atoms with van der Waals surface area (Å²) in [7, 11) is -2.78. The molecule has 3 aromatic heterocycles. The largest absolute Gasteiger partial charge is 0.479 e. The molecule has 2 atom stereocenters. The summed E-state index contributed by atoms with van der Waals surface area (Å²) in [5.41, 5.74) is 2.85.